The van der Waals surface area contributed by atoms with Crippen molar-refractivity contribution in [3.63, 3.8) is 0 Å². The van der Waals surface area contributed by atoms with Gasteiger partial charge in [0.25, 0.3) is 5.91 Å². The predicted octanol–water partition coefficient (Wildman–Crippen LogP) is 2.96. The number of likely N-dealkylation sites (tertiary alicyclic amines) is 1. The molecule has 0 unspecified atom stereocenters. The van der Waals surface area contributed by atoms with Crippen LogP contribution in [0.4, 0.5) is 0 Å². The van der Waals surface area contributed by atoms with Crippen molar-refractivity contribution in [2.45, 2.75) is 30.7 Å². The number of hydrogen-bond acceptors (Lipinski definition) is 6. The van der Waals surface area contributed by atoms with E-state index < -0.39 is 10.0 Å². The first-order valence-corrected chi connectivity index (χ1v) is 12.9. The Hall–Kier alpha value is -2.75. The average Bonchev–Trinajstić information content (AvgIpc) is 3.28. The van der Waals surface area contributed by atoms with Gasteiger partial charge in [-0.1, -0.05) is 35.5 Å². The van der Waals surface area contributed by atoms with Crippen LogP contribution in [0.1, 0.15) is 35.3 Å². The first-order chi connectivity index (χ1) is 16.0. The molecule has 1 aromatic heterocycles. The van der Waals surface area contributed by atoms with Crippen molar-refractivity contribution >= 4 is 26.9 Å². The summed E-state index contributed by atoms with van der Waals surface area (Å²) in [5.41, 5.74) is 1.83. The van der Waals surface area contributed by atoms with Gasteiger partial charge in [-0.05, 0) is 43.0 Å². The molecule has 2 aliphatic heterocycles. The summed E-state index contributed by atoms with van der Waals surface area (Å²) in [7, 11) is -3.68. The molecule has 0 atom stereocenters. The van der Waals surface area contributed by atoms with E-state index >= 15 is 0 Å². The summed E-state index contributed by atoms with van der Waals surface area (Å²) in [6, 6.07) is 14.9. The zero-order chi connectivity index (χ0) is 22.8. The van der Waals surface area contributed by atoms with Crippen LogP contribution >= 0.6 is 0 Å². The molecule has 8 nitrogen and oxygen atoms in total. The van der Waals surface area contributed by atoms with Gasteiger partial charge in [-0.15, -0.1) is 0 Å². The van der Waals surface area contributed by atoms with Gasteiger partial charge in [0, 0.05) is 45.8 Å². The lowest BCUT2D eigenvalue weighted by Gasteiger charge is -2.34. The summed E-state index contributed by atoms with van der Waals surface area (Å²) in [5, 5.41) is 4.43. The normalized spacial score (nSPS) is 18.6. The largest absolute Gasteiger partial charge is 0.355 e. The summed E-state index contributed by atoms with van der Waals surface area (Å²) in [6.45, 7) is 4.39. The molecule has 0 bridgehead atoms. The number of carbonyl (C=O) groups is 1. The summed E-state index contributed by atoms with van der Waals surface area (Å²) in [4.78, 5) is 17.2. The van der Waals surface area contributed by atoms with Crippen LogP contribution in [0.15, 0.2) is 57.9 Å². The topological polar surface area (TPSA) is 87.0 Å². The molecule has 0 spiro atoms. The van der Waals surface area contributed by atoms with Crippen LogP contribution in [-0.2, 0) is 16.6 Å². The molecule has 2 fully saturated rings. The Kier molecular flexibility index (Phi) is 6.18. The summed E-state index contributed by atoms with van der Waals surface area (Å²) in [5.74, 6) is -0.197. The summed E-state index contributed by atoms with van der Waals surface area (Å²) < 4.78 is 33.6. The smallest absolute Gasteiger partial charge is 0.276 e. The second-order valence-corrected chi connectivity index (χ2v) is 10.6. The lowest BCUT2D eigenvalue weighted by Crippen LogP contribution is -2.48. The maximum Gasteiger partial charge on any atom is 0.276 e. The van der Waals surface area contributed by atoms with Crippen LogP contribution in [0.2, 0.25) is 0 Å². The number of benzene rings is 2. The minimum atomic E-state index is -3.68. The molecule has 2 aliphatic rings. The number of piperidine rings is 1. The Bertz CT molecular complexity index is 1230. The van der Waals surface area contributed by atoms with Crippen LogP contribution < -0.4 is 0 Å². The van der Waals surface area contributed by atoms with Gasteiger partial charge in [0.05, 0.1) is 10.3 Å². The molecule has 2 aromatic carbocycles. The van der Waals surface area contributed by atoms with Gasteiger partial charge >= 0.3 is 0 Å². The third-order valence-electron chi connectivity index (χ3n) is 6.51. The van der Waals surface area contributed by atoms with E-state index in [1.807, 2.05) is 18.2 Å². The highest BCUT2D eigenvalue weighted by Crippen LogP contribution is 2.27. The second-order valence-electron chi connectivity index (χ2n) is 8.71. The lowest BCUT2D eigenvalue weighted by molar-refractivity contribution is 0.0715. The van der Waals surface area contributed by atoms with Crippen molar-refractivity contribution in [3.05, 3.63) is 59.8 Å². The Balaban J connectivity index is 1.32. The lowest BCUT2D eigenvalue weighted by atomic mass is 10.1. The van der Waals surface area contributed by atoms with Crippen LogP contribution in [0.3, 0.4) is 0 Å². The Labute approximate surface area is 193 Å². The third kappa shape index (κ3) is 4.53. The van der Waals surface area contributed by atoms with Gasteiger partial charge < -0.3 is 9.42 Å². The first-order valence-electron chi connectivity index (χ1n) is 11.5. The van der Waals surface area contributed by atoms with E-state index in [9.17, 15) is 13.2 Å². The highest BCUT2D eigenvalue weighted by Gasteiger charge is 2.30. The number of amides is 1. The zero-order valence-electron chi connectivity index (χ0n) is 18.5. The molecular weight excluding hydrogens is 440 g/mol. The molecule has 5 rings (SSSR count). The van der Waals surface area contributed by atoms with Gasteiger partial charge in [-0.2, -0.15) is 4.31 Å². The van der Waals surface area contributed by atoms with Gasteiger partial charge in [0.15, 0.2) is 11.3 Å². The number of fused-ring (bicyclic) bond motifs is 1. The first kappa shape index (κ1) is 22.1. The zero-order valence-corrected chi connectivity index (χ0v) is 19.3. The predicted molar refractivity (Wildman–Crippen MR) is 124 cm³/mol. The minimum absolute atomic E-state index is 0.169. The molecule has 3 heterocycles. The molecule has 3 aromatic rings. The van der Waals surface area contributed by atoms with E-state index in [0.29, 0.717) is 50.2 Å². The SMILES string of the molecule is O=C(c1noc2ccc(S(=O)(=O)N3CCN(Cc4ccccc4)CC3)cc12)N1CCCCC1. The highest BCUT2D eigenvalue weighted by molar-refractivity contribution is 7.89. The van der Waals surface area contributed by atoms with Crippen LogP contribution in [0.25, 0.3) is 11.0 Å². The molecule has 0 saturated carbocycles. The fraction of sp³-hybridized carbons (Fsp3) is 0.417. The summed E-state index contributed by atoms with van der Waals surface area (Å²) >= 11 is 0. The van der Waals surface area contributed by atoms with Crippen LogP contribution in [0.5, 0.6) is 0 Å². The van der Waals surface area contributed by atoms with Crippen LogP contribution in [0, 0.1) is 0 Å². The maximum absolute atomic E-state index is 13.4. The molecule has 0 aliphatic carbocycles. The second kappa shape index (κ2) is 9.24. The van der Waals surface area contributed by atoms with E-state index in [0.717, 1.165) is 25.8 Å². The fourth-order valence-corrected chi connectivity index (χ4v) is 6.05. The molecule has 33 heavy (non-hydrogen) atoms. The number of nitrogens with zero attached hydrogens (tertiary/aromatic N) is 4. The van der Waals surface area contributed by atoms with E-state index in [1.165, 1.54) is 22.0 Å². The van der Waals surface area contributed by atoms with Gasteiger partial charge in [-0.3, -0.25) is 9.69 Å². The molecule has 2 saturated heterocycles. The van der Waals surface area contributed by atoms with Crippen LogP contribution in [-0.4, -0.2) is 72.9 Å². The van der Waals surface area contributed by atoms with E-state index in [-0.39, 0.29) is 16.5 Å². The van der Waals surface area contributed by atoms with Crippen molar-refractivity contribution in [3.8, 4) is 0 Å². The quantitative estimate of drug-likeness (QED) is 0.572. The van der Waals surface area contributed by atoms with Crippen molar-refractivity contribution in [1.29, 1.82) is 0 Å². The Morgan fingerprint density at radius 2 is 1.64 bits per heavy atom. The molecule has 1 amide bonds. The molecule has 9 heteroatoms. The van der Waals surface area contributed by atoms with Crippen molar-refractivity contribution in [1.82, 2.24) is 19.3 Å². The van der Waals surface area contributed by atoms with Crippen molar-refractivity contribution in [2.75, 3.05) is 39.3 Å². The Morgan fingerprint density at radius 1 is 0.909 bits per heavy atom. The standard InChI is InChI=1S/C24H28N4O4S/c29-24(27-11-5-2-6-12-27)23-21-17-20(9-10-22(21)32-25-23)33(30,31)28-15-13-26(14-16-28)18-19-7-3-1-4-8-19/h1,3-4,7-10,17H,2,5-6,11-16,18H2. The molecule has 0 N–H and O–H groups in total. The van der Waals surface area contributed by atoms with E-state index in [2.05, 4.69) is 22.2 Å². The van der Waals surface area contributed by atoms with Crippen molar-refractivity contribution in [2.24, 2.45) is 0 Å². The van der Waals surface area contributed by atoms with E-state index in [1.54, 1.807) is 11.0 Å². The number of rotatable bonds is 5. The van der Waals surface area contributed by atoms with Gasteiger partial charge in [0.2, 0.25) is 10.0 Å². The minimum Gasteiger partial charge on any atom is -0.355 e. The highest BCUT2D eigenvalue weighted by atomic mass is 32.2. The average molecular weight is 469 g/mol. The molecular formula is C24H28N4O4S. The number of piperazine rings is 1. The summed E-state index contributed by atoms with van der Waals surface area (Å²) in [6.07, 6.45) is 3.05. The number of aromatic nitrogens is 1. The third-order valence-corrected chi connectivity index (χ3v) is 8.40. The van der Waals surface area contributed by atoms with E-state index in [4.69, 9.17) is 4.52 Å². The maximum atomic E-state index is 13.4. The number of carbonyl (C=O) groups excluding carboxylic acids is 1. The molecule has 174 valence electrons. The number of sulfonamides is 1. The number of hydrogen-bond donors (Lipinski definition) is 0. The fourth-order valence-electron chi connectivity index (χ4n) is 4.60. The Morgan fingerprint density at radius 3 is 2.36 bits per heavy atom. The molecule has 0 radical (unpaired) electrons. The van der Waals surface area contributed by atoms with Gasteiger partial charge in [-0.25, -0.2) is 8.42 Å². The van der Waals surface area contributed by atoms with Crippen molar-refractivity contribution < 1.29 is 17.7 Å². The monoisotopic (exact) mass is 468 g/mol. The van der Waals surface area contributed by atoms with Gasteiger partial charge in [0.1, 0.15) is 0 Å².